The van der Waals surface area contributed by atoms with E-state index in [4.69, 9.17) is 4.42 Å². The van der Waals surface area contributed by atoms with Crippen molar-refractivity contribution in [2.24, 2.45) is 0 Å². The molecule has 2 N–H and O–H groups in total. The van der Waals surface area contributed by atoms with Crippen LogP contribution in [0.2, 0.25) is 0 Å². The topological polar surface area (TPSA) is 88.4 Å². The first-order valence-corrected chi connectivity index (χ1v) is 11.1. The molecule has 0 aliphatic rings. The Bertz CT molecular complexity index is 986. The van der Waals surface area contributed by atoms with Gasteiger partial charge in [0.1, 0.15) is 5.76 Å². The molecular formula is C20H20N2O4S2. The van der Waals surface area contributed by atoms with Crippen LogP contribution in [0.25, 0.3) is 0 Å². The fourth-order valence-electron chi connectivity index (χ4n) is 2.40. The van der Waals surface area contributed by atoms with Crippen molar-refractivity contribution in [2.45, 2.75) is 16.3 Å². The minimum atomic E-state index is -3.68. The van der Waals surface area contributed by atoms with Gasteiger partial charge >= 0.3 is 0 Å². The van der Waals surface area contributed by atoms with Crippen molar-refractivity contribution < 1.29 is 17.6 Å². The van der Waals surface area contributed by atoms with Crippen LogP contribution in [-0.4, -0.2) is 26.6 Å². The van der Waals surface area contributed by atoms with Crippen molar-refractivity contribution in [3.63, 3.8) is 0 Å². The number of benzene rings is 2. The highest BCUT2D eigenvalue weighted by Crippen LogP contribution is 2.16. The molecule has 0 saturated heterocycles. The Hall–Kier alpha value is -2.55. The van der Waals surface area contributed by atoms with Crippen molar-refractivity contribution in [3.05, 3.63) is 84.3 Å². The second-order valence-electron chi connectivity index (χ2n) is 5.85. The maximum atomic E-state index is 12.3. The molecule has 0 unspecified atom stereocenters. The van der Waals surface area contributed by atoms with Crippen LogP contribution in [-0.2, 0) is 16.6 Å². The van der Waals surface area contributed by atoms with Crippen LogP contribution >= 0.6 is 11.8 Å². The van der Waals surface area contributed by atoms with Gasteiger partial charge in [0.25, 0.3) is 5.91 Å². The number of carbonyl (C=O) groups is 1. The summed E-state index contributed by atoms with van der Waals surface area (Å²) in [6.07, 6.45) is 1.48. The zero-order valence-electron chi connectivity index (χ0n) is 15.0. The number of carbonyl (C=O) groups excluding carboxylic acids is 1. The number of nitrogens with one attached hydrogen (secondary N) is 2. The molecule has 2 aromatic carbocycles. The minimum absolute atomic E-state index is 0.0661. The predicted molar refractivity (Wildman–Crippen MR) is 109 cm³/mol. The van der Waals surface area contributed by atoms with Gasteiger partial charge in [-0.15, -0.1) is 11.8 Å². The average molecular weight is 417 g/mol. The maximum Gasteiger partial charge on any atom is 0.251 e. The van der Waals surface area contributed by atoms with Crippen molar-refractivity contribution in [3.8, 4) is 0 Å². The number of sulfonamides is 1. The summed E-state index contributed by atoms with van der Waals surface area (Å²) in [4.78, 5) is 13.4. The van der Waals surface area contributed by atoms with Crippen molar-refractivity contribution in [1.82, 2.24) is 10.0 Å². The SMILES string of the molecule is O=C(NCCSc1ccccc1)c1ccc(S(=O)(=O)NCc2ccco2)cc1. The van der Waals surface area contributed by atoms with E-state index in [2.05, 4.69) is 10.0 Å². The van der Waals surface area contributed by atoms with E-state index in [0.29, 0.717) is 17.9 Å². The van der Waals surface area contributed by atoms with E-state index in [1.54, 1.807) is 23.9 Å². The van der Waals surface area contributed by atoms with Gasteiger partial charge in [-0.05, 0) is 48.5 Å². The second kappa shape index (κ2) is 9.59. The quantitative estimate of drug-likeness (QED) is 0.413. The van der Waals surface area contributed by atoms with E-state index in [1.807, 2.05) is 30.3 Å². The monoisotopic (exact) mass is 416 g/mol. The lowest BCUT2D eigenvalue weighted by molar-refractivity contribution is 0.0956. The van der Waals surface area contributed by atoms with Gasteiger partial charge in [0.15, 0.2) is 0 Å². The van der Waals surface area contributed by atoms with Gasteiger partial charge in [0.05, 0.1) is 17.7 Å². The van der Waals surface area contributed by atoms with Crippen LogP contribution in [0, 0.1) is 0 Å². The maximum absolute atomic E-state index is 12.3. The molecule has 0 radical (unpaired) electrons. The molecule has 1 aromatic heterocycles. The lowest BCUT2D eigenvalue weighted by Crippen LogP contribution is -2.26. The number of rotatable bonds is 9. The Morgan fingerprint density at radius 3 is 2.39 bits per heavy atom. The van der Waals surface area contributed by atoms with Crippen molar-refractivity contribution >= 4 is 27.7 Å². The van der Waals surface area contributed by atoms with Gasteiger partial charge in [-0.3, -0.25) is 4.79 Å². The Labute approximate surface area is 168 Å². The van der Waals surface area contributed by atoms with Crippen molar-refractivity contribution in [1.29, 1.82) is 0 Å². The second-order valence-corrected chi connectivity index (χ2v) is 8.78. The fourth-order valence-corrected chi connectivity index (χ4v) is 4.18. The smallest absolute Gasteiger partial charge is 0.251 e. The molecule has 0 atom stereocenters. The normalized spacial score (nSPS) is 11.3. The molecule has 0 bridgehead atoms. The third-order valence-corrected chi connectivity index (χ3v) is 6.27. The van der Waals surface area contributed by atoms with E-state index in [0.717, 1.165) is 10.6 Å². The molecule has 0 spiro atoms. The molecule has 6 nitrogen and oxygen atoms in total. The molecule has 3 aromatic rings. The van der Waals surface area contributed by atoms with Gasteiger partial charge in [0, 0.05) is 22.8 Å². The van der Waals surface area contributed by atoms with E-state index in [1.165, 1.54) is 30.5 Å². The van der Waals surface area contributed by atoms with Gasteiger partial charge in [-0.25, -0.2) is 13.1 Å². The highest BCUT2D eigenvalue weighted by atomic mass is 32.2. The zero-order valence-corrected chi connectivity index (χ0v) is 16.6. The number of hydrogen-bond donors (Lipinski definition) is 2. The summed E-state index contributed by atoms with van der Waals surface area (Å²) in [7, 11) is -3.68. The van der Waals surface area contributed by atoms with Crippen LogP contribution in [0.5, 0.6) is 0 Å². The van der Waals surface area contributed by atoms with Crippen molar-refractivity contribution in [2.75, 3.05) is 12.3 Å². The van der Waals surface area contributed by atoms with Crippen LogP contribution in [0.15, 0.2) is 87.2 Å². The van der Waals surface area contributed by atoms with E-state index >= 15 is 0 Å². The number of hydrogen-bond acceptors (Lipinski definition) is 5. The molecule has 0 fully saturated rings. The number of thioether (sulfide) groups is 1. The molecule has 1 heterocycles. The summed E-state index contributed by atoms with van der Waals surface area (Å²) in [5.74, 6) is 1.04. The largest absolute Gasteiger partial charge is 0.468 e. The molecule has 28 heavy (non-hydrogen) atoms. The molecule has 1 amide bonds. The molecule has 8 heteroatoms. The third kappa shape index (κ3) is 5.72. The van der Waals surface area contributed by atoms with Crippen LogP contribution < -0.4 is 10.0 Å². The van der Waals surface area contributed by atoms with Crippen LogP contribution in [0.1, 0.15) is 16.1 Å². The first-order chi connectivity index (χ1) is 13.5. The number of amides is 1. The summed E-state index contributed by atoms with van der Waals surface area (Å²) >= 11 is 1.66. The lowest BCUT2D eigenvalue weighted by Gasteiger charge is -2.08. The summed E-state index contributed by atoms with van der Waals surface area (Å²) in [6.45, 7) is 0.583. The van der Waals surface area contributed by atoms with Gasteiger partial charge in [0.2, 0.25) is 10.0 Å². The Kier molecular flexibility index (Phi) is 6.91. The zero-order chi connectivity index (χ0) is 19.8. The van der Waals surface area contributed by atoms with Gasteiger partial charge in [-0.2, -0.15) is 0 Å². The first kappa shape index (κ1) is 20.2. The summed E-state index contributed by atoms with van der Waals surface area (Å²) < 4.78 is 32.2. The van der Waals surface area contributed by atoms with Crippen LogP contribution in [0.4, 0.5) is 0 Å². The minimum Gasteiger partial charge on any atom is -0.468 e. The molecule has 146 valence electrons. The summed E-state index contributed by atoms with van der Waals surface area (Å²) in [5, 5.41) is 2.83. The molecule has 0 saturated carbocycles. The summed E-state index contributed by atoms with van der Waals surface area (Å²) in [6, 6.07) is 19.2. The van der Waals surface area contributed by atoms with E-state index in [9.17, 15) is 13.2 Å². The third-order valence-electron chi connectivity index (χ3n) is 3.84. The first-order valence-electron chi connectivity index (χ1n) is 8.63. The Morgan fingerprint density at radius 1 is 0.964 bits per heavy atom. The molecule has 0 aliphatic carbocycles. The van der Waals surface area contributed by atoms with Gasteiger partial charge in [-0.1, -0.05) is 18.2 Å². The highest BCUT2D eigenvalue weighted by molar-refractivity contribution is 7.99. The van der Waals surface area contributed by atoms with E-state index < -0.39 is 10.0 Å². The Balaban J connectivity index is 1.49. The average Bonchev–Trinajstić information content (AvgIpc) is 3.24. The van der Waals surface area contributed by atoms with Crippen LogP contribution in [0.3, 0.4) is 0 Å². The van der Waals surface area contributed by atoms with Gasteiger partial charge < -0.3 is 9.73 Å². The fraction of sp³-hybridized carbons (Fsp3) is 0.150. The summed E-state index contributed by atoms with van der Waals surface area (Å²) in [5.41, 5.74) is 0.412. The lowest BCUT2D eigenvalue weighted by atomic mass is 10.2. The molecule has 0 aliphatic heterocycles. The molecular weight excluding hydrogens is 396 g/mol. The number of furan rings is 1. The van der Waals surface area contributed by atoms with E-state index in [-0.39, 0.29) is 17.3 Å². The Morgan fingerprint density at radius 2 is 1.71 bits per heavy atom. The molecule has 3 rings (SSSR count). The highest BCUT2D eigenvalue weighted by Gasteiger charge is 2.15. The standard InChI is InChI=1S/C20H20N2O4S2/c23-20(21-12-14-27-18-6-2-1-3-7-18)16-8-10-19(11-9-16)28(24,25)22-15-17-5-4-13-26-17/h1-11,13,22H,12,14-15H2,(H,21,23). The predicted octanol–water partition coefficient (Wildman–Crippen LogP) is 3.28.